The molecule has 0 radical (unpaired) electrons. The Morgan fingerprint density at radius 3 is 2.45 bits per heavy atom. The van der Waals surface area contributed by atoms with E-state index in [1.165, 1.54) is 12.8 Å². The van der Waals surface area contributed by atoms with E-state index in [0.29, 0.717) is 18.9 Å². The Bertz CT molecular complexity index is 467. The molecule has 0 spiro atoms. The van der Waals surface area contributed by atoms with Crippen LogP contribution in [0.4, 0.5) is 5.69 Å². The predicted molar refractivity (Wildman–Crippen MR) is 78.5 cm³/mol. The summed E-state index contributed by atoms with van der Waals surface area (Å²) in [4.78, 5) is 22.9. The first-order chi connectivity index (χ1) is 9.67. The molecule has 1 aromatic rings. The van der Waals surface area contributed by atoms with Gasteiger partial charge in [0.05, 0.1) is 6.42 Å². The van der Waals surface area contributed by atoms with Crippen LogP contribution >= 0.6 is 0 Å². The highest BCUT2D eigenvalue weighted by Crippen LogP contribution is 2.18. The third-order valence-corrected chi connectivity index (χ3v) is 3.24. The van der Waals surface area contributed by atoms with Crippen LogP contribution in [0.15, 0.2) is 24.3 Å². The van der Waals surface area contributed by atoms with Gasteiger partial charge in [0.2, 0.25) is 11.8 Å². The van der Waals surface area contributed by atoms with Gasteiger partial charge in [0.1, 0.15) is 0 Å². The quantitative estimate of drug-likeness (QED) is 0.697. The first-order valence-corrected chi connectivity index (χ1v) is 7.00. The van der Waals surface area contributed by atoms with Crippen LogP contribution in [-0.4, -0.2) is 31.4 Å². The number of hydrogen-bond donors (Lipinski definition) is 3. The van der Waals surface area contributed by atoms with E-state index >= 15 is 0 Å². The number of likely N-dealkylation sites (N-methyl/N-ethyl adjacent to an activating group) is 1. The van der Waals surface area contributed by atoms with Crippen molar-refractivity contribution in [3.05, 3.63) is 29.8 Å². The average Bonchev–Trinajstić information content (AvgIpc) is 3.25. The van der Waals surface area contributed by atoms with Crippen molar-refractivity contribution in [2.24, 2.45) is 0 Å². The third kappa shape index (κ3) is 5.01. The SMILES string of the molecule is CNC(=O)Cc1ccc(NC(=O)CCNC2CC2)cc1. The highest BCUT2D eigenvalue weighted by molar-refractivity contribution is 5.90. The van der Waals surface area contributed by atoms with Crippen LogP contribution in [0.1, 0.15) is 24.8 Å². The molecular weight excluding hydrogens is 254 g/mol. The molecule has 1 saturated carbocycles. The van der Waals surface area contributed by atoms with Crippen LogP contribution < -0.4 is 16.0 Å². The van der Waals surface area contributed by atoms with Crippen molar-refractivity contribution in [1.82, 2.24) is 10.6 Å². The summed E-state index contributed by atoms with van der Waals surface area (Å²) in [6.45, 7) is 0.727. The molecule has 2 amide bonds. The second kappa shape index (κ2) is 7.05. The van der Waals surface area contributed by atoms with Crippen molar-refractivity contribution in [2.75, 3.05) is 18.9 Å². The molecule has 5 heteroatoms. The Labute approximate surface area is 119 Å². The number of nitrogens with one attached hydrogen (secondary N) is 3. The number of rotatable bonds is 7. The zero-order valence-corrected chi connectivity index (χ0v) is 11.7. The molecule has 3 N–H and O–H groups in total. The second-order valence-electron chi connectivity index (χ2n) is 5.07. The van der Waals surface area contributed by atoms with Crippen LogP contribution in [0.2, 0.25) is 0 Å². The molecule has 1 aromatic carbocycles. The molecule has 5 nitrogen and oxygen atoms in total. The molecule has 0 bridgehead atoms. The topological polar surface area (TPSA) is 70.2 Å². The molecular formula is C15H21N3O2. The Balaban J connectivity index is 1.74. The predicted octanol–water partition coefficient (Wildman–Crippen LogP) is 1.06. The van der Waals surface area contributed by atoms with Crippen molar-refractivity contribution in [3.8, 4) is 0 Å². The smallest absolute Gasteiger partial charge is 0.225 e. The summed E-state index contributed by atoms with van der Waals surface area (Å²) in [5.74, 6) is -0.00913. The molecule has 20 heavy (non-hydrogen) atoms. The zero-order valence-electron chi connectivity index (χ0n) is 11.7. The van der Waals surface area contributed by atoms with E-state index in [4.69, 9.17) is 0 Å². The Morgan fingerprint density at radius 1 is 1.15 bits per heavy atom. The normalized spacial score (nSPS) is 13.8. The van der Waals surface area contributed by atoms with E-state index in [1.807, 2.05) is 24.3 Å². The number of amides is 2. The van der Waals surface area contributed by atoms with Gasteiger partial charge in [0, 0.05) is 31.7 Å². The summed E-state index contributed by atoms with van der Waals surface area (Å²) < 4.78 is 0. The number of carbonyl (C=O) groups is 2. The zero-order chi connectivity index (χ0) is 14.4. The van der Waals surface area contributed by atoms with Gasteiger partial charge in [-0.25, -0.2) is 0 Å². The third-order valence-electron chi connectivity index (χ3n) is 3.24. The summed E-state index contributed by atoms with van der Waals surface area (Å²) in [6.07, 6.45) is 3.30. The van der Waals surface area contributed by atoms with Gasteiger partial charge >= 0.3 is 0 Å². The summed E-state index contributed by atoms with van der Waals surface area (Å²) in [7, 11) is 1.62. The van der Waals surface area contributed by atoms with Crippen molar-refractivity contribution in [2.45, 2.75) is 31.7 Å². The Morgan fingerprint density at radius 2 is 1.85 bits per heavy atom. The molecule has 0 heterocycles. The molecule has 108 valence electrons. The molecule has 0 saturated heterocycles. The lowest BCUT2D eigenvalue weighted by Crippen LogP contribution is -2.23. The van der Waals surface area contributed by atoms with Gasteiger partial charge in [0.25, 0.3) is 0 Å². The van der Waals surface area contributed by atoms with E-state index in [1.54, 1.807) is 7.05 Å². The van der Waals surface area contributed by atoms with E-state index < -0.39 is 0 Å². The van der Waals surface area contributed by atoms with Gasteiger partial charge < -0.3 is 16.0 Å². The highest BCUT2D eigenvalue weighted by Gasteiger charge is 2.20. The standard InChI is InChI=1S/C15H21N3O2/c1-16-15(20)10-11-2-4-13(5-3-11)18-14(19)8-9-17-12-6-7-12/h2-5,12,17H,6-10H2,1H3,(H,16,20)(H,18,19). The van der Waals surface area contributed by atoms with Crippen LogP contribution in [0.25, 0.3) is 0 Å². The molecule has 0 unspecified atom stereocenters. The largest absolute Gasteiger partial charge is 0.359 e. The first kappa shape index (κ1) is 14.5. The van der Waals surface area contributed by atoms with Gasteiger partial charge in [-0.3, -0.25) is 9.59 Å². The highest BCUT2D eigenvalue weighted by atomic mass is 16.2. The minimum atomic E-state index is -0.0204. The Kier molecular flexibility index (Phi) is 5.12. The maximum Gasteiger partial charge on any atom is 0.225 e. The molecule has 1 aliphatic rings. The fraction of sp³-hybridized carbons (Fsp3) is 0.467. The molecule has 1 fully saturated rings. The fourth-order valence-corrected chi connectivity index (χ4v) is 1.88. The van der Waals surface area contributed by atoms with Crippen molar-refractivity contribution in [3.63, 3.8) is 0 Å². The lowest BCUT2D eigenvalue weighted by Gasteiger charge is -2.07. The van der Waals surface area contributed by atoms with E-state index in [2.05, 4.69) is 16.0 Å². The monoisotopic (exact) mass is 275 g/mol. The van der Waals surface area contributed by atoms with Crippen molar-refractivity contribution >= 4 is 17.5 Å². The van der Waals surface area contributed by atoms with Gasteiger partial charge in [-0.05, 0) is 30.5 Å². The van der Waals surface area contributed by atoms with Crippen molar-refractivity contribution in [1.29, 1.82) is 0 Å². The van der Waals surface area contributed by atoms with Gasteiger partial charge in [-0.1, -0.05) is 12.1 Å². The number of carbonyl (C=O) groups excluding carboxylic acids is 2. The summed E-state index contributed by atoms with van der Waals surface area (Å²) in [6, 6.07) is 7.99. The average molecular weight is 275 g/mol. The van der Waals surface area contributed by atoms with Crippen LogP contribution in [0.5, 0.6) is 0 Å². The second-order valence-corrected chi connectivity index (χ2v) is 5.07. The van der Waals surface area contributed by atoms with E-state index in [-0.39, 0.29) is 11.8 Å². The fourth-order valence-electron chi connectivity index (χ4n) is 1.88. The maximum absolute atomic E-state index is 11.7. The summed E-state index contributed by atoms with van der Waals surface area (Å²) in [5, 5.41) is 8.74. The van der Waals surface area contributed by atoms with E-state index in [0.717, 1.165) is 17.8 Å². The first-order valence-electron chi connectivity index (χ1n) is 7.00. The van der Waals surface area contributed by atoms with Crippen LogP contribution in [0, 0.1) is 0 Å². The van der Waals surface area contributed by atoms with Gasteiger partial charge in [-0.15, -0.1) is 0 Å². The van der Waals surface area contributed by atoms with E-state index in [9.17, 15) is 9.59 Å². The lowest BCUT2D eigenvalue weighted by atomic mass is 10.1. The number of benzene rings is 1. The Hall–Kier alpha value is -1.88. The molecule has 0 aromatic heterocycles. The minimum Gasteiger partial charge on any atom is -0.359 e. The lowest BCUT2D eigenvalue weighted by molar-refractivity contribution is -0.120. The molecule has 2 rings (SSSR count). The molecule has 1 aliphatic carbocycles. The van der Waals surface area contributed by atoms with Crippen molar-refractivity contribution < 1.29 is 9.59 Å². The van der Waals surface area contributed by atoms with Gasteiger partial charge in [0.15, 0.2) is 0 Å². The van der Waals surface area contributed by atoms with Gasteiger partial charge in [-0.2, -0.15) is 0 Å². The van der Waals surface area contributed by atoms with Crippen LogP contribution in [0.3, 0.4) is 0 Å². The minimum absolute atomic E-state index is 0.0113. The molecule has 0 aliphatic heterocycles. The number of anilines is 1. The summed E-state index contributed by atoms with van der Waals surface area (Å²) in [5.41, 5.74) is 1.69. The molecule has 0 atom stereocenters. The van der Waals surface area contributed by atoms with Crippen LogP contribution in [-0.2, 0) is 16.0 Å². The maximum atomic E-state index is 11.7. The summed E-state index contributed by atoms with van der Waals surface area (Å²) >= 11 is 0. The number of hydrogen-bond acceptors (Lipinski definition) is 3.